The Morgan fingerprint density at radius 3 is 2.70 bits per heavy atom. The zero-order valence-electron chi connectivity index (χ0n) is 15.1. The Morgan fingerprint density at radius 1 is 1.30 bits per heavy atom. The van der Waals surface area contributed by atoms with Crippen molar-refractivity contribution in [2.75, 3.05) is 6.54 Å². The van der Waals surface area contributed by atoms with Gasteiger partial charge in [-0.2, -0.15) is 13.2 Å². The van der Waals surface area contributed by atoms with Gasteiger partial charge >= 0.3 is 6.18 Å². The van der Waals surface area contributed by atoms with Crippen molar-refractivity contribution in [3.63, 3.8) is 0 Å². The molecule has 1 fully saturated rings. The number of likely N-dealkylation sites (tertiary alicyclic amines) is 1. The maximum absolute atomic E-state index is 13.5. The summed E-state index contributed by atoms with van der Waals surface area (Å²) in [5.41, 5.74) is 0.812. The average molecular weight is 377 g/mol. The summed E-state index contributed by atoms with van der Waals surface area (Å²) in [7, 11) is 0. The third kappa shape index (κ3) is 4.86. The van der Waals surface area contributed by atoms with E-state index in [9.17, 15) is 18.0 Å². The summed E-state index contributed by atoms with van der Waals surface area (Å²) in [5.74, 6) is -0.378. The molecular weight excluding hydrogens is 355 g/mol. The number of nitrogens with zero attached hydrogens (tertiary/aromatic N) is 2. The Kier molecular flexibility index (Phi) is 5.79. The van der Waals surface area contributed by atoms with Gasteiger partial charge in [0.15, 0.2) is 0 Å². The molecule has 4 nitrogen and oxygen atoms in total. The van der Waals surface area contributed by atoms with Crippen LogP contribution < -0.4 is 5.32 Å². The van der Waals surface area contributed by atoms with E-state index in [-0.39, 0.29) is 24.1 Å². The number of amides is 1. The van der Waals surface area contributed by atoms with E-state index < -0.39 is 11.7 Å². The molecule has 2 aromatic rings. The first kappa shape index (κ1) is 19.4. The van der Waals surface area contributed by atoms with Crippen molar-refractivity contribution >= 4 is 5.91 Å². The van der Waals surface area contributed by atoms with Crippen LogP contribution in [0.1, 0.15) is 48.2 Å². The highest BCUT2D eigenvalue weighted by Crippen LogP contribution is 2.37. The van der Waals surface area contributed by atoms with Crippen LogP contribution in [0.5, 0.6) is 0 Å². The van der Waals surface area contributed by atoms with Crippen LogP contribution in [-0.4, -0.2) is 22.3 Å². The van der Waals surface area contributed by atoms with Crippen LogP contribution in [-0.2, 0) is 24.1 Å². The van der Waals surface area contributed by atoms with E-state index in [0.717, 1.165) is 31.0 Å². The predicted octanol–water partition coefficient (Wildman–Crippen LogP) is 4.07. The molecule has 1 amide bonds. The Labute approximate surface area is 156 Å². The summed E-state index contributed by atoms with van der Waals surface area (Å²) < 4.78 is 40.6. The van der Waals surface area contributed by atoms with Crippen LogP contribution in [0, 0.1) is 0 Å². The van der Waals surface area contributed by atoms with Gasteiger partial charge in [0.1, 0.15) is 0 Å². The number of benzene rings is 1. The largest absolute Gasteiger partial charge is 0.416 e. The minimum Gasteiger partial charge on any atom is -0.352 e. The molecule has 0 bridgehead atoms. The Hall–Kier alpha value is -2.41. The van der Waals surface area contributed by atoms with Gasteiger partial charge in [-0.1, -0.05) is 30.3 Å². The number of aromatic nitrogens is 1. The fraction of sp³-hybridized carbons (Fsp3) is 0.400. The van der Waals surface area contributed by atoms with Gasteiger partial charge in [0.2, 0.25) is 5.91 Å². The monoisotopic (exact) mass is 377 g/mol. The number of rotatable bonds is 5. The second-order valence-electron chi connectivity index (χ2n) is 6.79. The minimum atomic E-state index is -4.49. The molecule has 1 aliphatic rings. The second kappa shape index (κ2) is 8.08. The fourth-order valence-corrected chi connectivity index (χ4v) is 3.47. The Morgan fingerprint density at radius 2 is 2.04 bits per heavy atom. The van der Waals surface area contributed by atoms with E-state index in [0.29, 0.717) is 12.2 Å². The number of nitrogens with one attached hydrogen (secondary N) is 1. The molecular formula is C20H22F3N3O. The lowest BCUT2D eigenvalue weighted by Gasteiger charge is -2.25. The normalized spacial score (nSPS) is 17.9. The van der Waals surface area contributed by atoms with E-state index in [2.05, 4.69) is 15.2 Å². The molecule has 0 unspecified atom stereocenters. The smallest absolute Gasteiger partial charge is 0.352 e. The Bertz CT molecular complexity index is 793. The molecule has 1 aliphatic heterocycles. The minimum absolute atomic E-state index is 0.0194. The standard InChI is InChI=1S/C20H22F3N3O/c1-14(27)24-11-16-12-25-18(10-17(16)20(21,22)23)19-8-5-9-26(19)13-15-6-3-2-4-7-15/h2-4,6-7,10,12,19H,5,8-9,11,13H2,1H3,(H,24,27)/t19-/m1/s1. The highest BCUT2D eigenvalue weighted by molar-refractivity contribution is 5.72. The molecule has 0 radical (unpaired) electrons. The molecule has 0 spiro atoms. The number of alkyl halides is 3. The molecule has 27 heavy (non-hydrogen) atoms. The molecule has 1 saturated heterocycles. The zero-order chi connectivity index (χ0) is 19.4. The molecule has 1 aromatic heterocycles. The summed E-state index contributed by atoms with van der Waals surface area (Å²) in [4.78, 5) is 17.5. The van der Waals surface area contributed by atoms with E-state index >= 15 is 0 Å². The van der Waals surface area contributed by atoms with E-state index in [1.807, 2.05) is 30.3 Å². The van der Waals surface area contributed by atoms with E-state index in [4.69, 9.17) is 0 Å². The van der Waals surface area contributed by atoms with Crippen LogP contribution in [0.25, 0.3) is 0 Å². The summed E-state index contributed by atoms with van der Waals surface area (Å²) in [6, 6.07) is 10.9. The van der Waals surface area contributed by atoms with Crippen molar-refractivity contribution in [2.24, 2.45) is 0 Å². The van der Waals surface area contributed by atoms with Crippen LogP contribution in [0.3, 0.4) is 0 Å². The van der Waals surface area contributed by atoms with Crippen molar-refractivity contribution in [3.8, 4) is 0 Å². The molecule has 7 heteroatoms. The lowest BCUT2D eigenvalue weighted by molar-refractivity contribution is -0.138. The molecule has 1 aromatic carbocycles. The van der Waals surface area contributed by atoms with Crippen LogP contribution in [0.2, 0.25) is 0 Å². The van der Waals surface area contributed by atoms with Gasteiger partial charge in [0, 0.05) is 31.8 Å². The van der Waals surface area contributed by atoms with E-state index in [1.165, 1.54) is 13.1 Å². The number of hydrogen-bond acceptors (Lipinski definition) is 3. The third-order valence-corrected chi connectivity index (χ3v) is 4.77. The van der Waals surface area contributed by atoms with Gasteiger partial charge in [-0.05, 0) is 31.0 Å². The number of halogens is 3. The van der Waals surface area contributed by atoms with Crippen LogP contribution in [0.15, 0.2) is 42.6 Å². The maximum atomic E-state index is 13.5. The number of carbonyl (C=O) groups excluding carboxylic acids is 1. The lowest BCUT2D eigenvalue weighted by atomic mass is 10.0. The highest BCUT2D eigenvalue weighted by atomic mass is 19.4. The predicted molar refractivity (Wildman–Crippen MR) is 95.6 cm³/mol. The maximum Gasteiger partial charge on any atom is 0.416 e. The van der Waals surface area contributed by atoms with Crippen LogP contribution in [0.4, 0.5) is 13.2 Å². The van der Waals surface area contributed by atoms with Crippen molar-refractivity contribution in [1.29, 1.82) is 0 Å². The summed E-state index contributed by atoms with van der Waals surface area (Å²) >= 11 is 0. The number of carbonyl (C=O) groups is 1. The molecule has 1 atom stereocenters. The van der Waals surface area contributed by atoms with Gasteiger partial charge in [-0.15, -0.1) is 0 Å². The zero-order valence-corrected chi connectivity index (χ0v) is 15.1. The van der Waals surface area contributed by atoms with Gasteiger partial charge in [-0.25, -0.2) is 0 Å². The highest BCUT2D eigenvalue weighted by Gasteiger charge is 2.36. The topological polar surface area (TPSA) is 45.2 Å². The number of hydrogen-bond donors (Lipinski definition) is 1. The van der Waals surface area contributed by atoms with Gasteiger partial charge in [0.25, 0.3) is 0 Å². The molecule has 1 N–H and O–H groups in total. The quantitative estimate of drug-likeness (QED) is 0.854. The summed E-state index contributed by atoms with van der Waals surface area (Å²) in [5, 5.41) is 2.42. The second-order valence-corrected chi connectivity index (χ2v) is 6.79. The first-order valence-electron chi connectivity index (χ1n) is 8.93. The molecule has 144 valence electrons. The van der Waals surface area contributed by atoms with Gasteiger partial charge in [0.05, 0.1) is 17.3 Å². The Balaban J connectivity index is 1.85. The third-order valence-electron chi connectivity index (χ3n) is 4.77. The average Bonchev–Trinajstić information content (AvgIpc) is 3.08. The molecule has 0 saturated carbocycles. The van der Waals surface area contributed by atoms with Crippen molar-refractivity contribution in [1.82, 2.24) is 15.2 Å². The fourth-order valence-electron chi connectivity index (χ4n) is 3.47. The first-order valence-corrected chi connectivity index (χ1v) is 8.93. The summed E-state index contributed by atoms with van der Waals surface area (Å²) in [6.45, 7) is 2.60. The van der Waals surface area contributed by atoms with Crippen molar-refractivity contribution < 1.29 is 18.0 Å². The van der Waals surface area contributed by atoms with E-state index in [1.54, 1.807) is 0 Å². The van der Waals surface area contributed by atoms with Crippen LogP contribution >= 0.6 is 0 Å². The van der Waals surface area contributed by atoms with Gasteiger partial charge < -0.3 is 5.32 Å². The number of pyridine rings is 1. The first-order chi connectivity index (χ1) is 12.8. The molecule has 3 rings (SSSR count). The van der Waals surface area contributed by atoms with Crippen molar-refractivity contribution in [2.45, 2.75) is 45.1 Å². The van der Waals surface area contributed by atoms with Crippen molar-refractivity contribution in [3.05, 3.63) is 65.0 Å². The van der Waals surface area contributed by atoms with Gasteiger partial charge in [-0.3, -0.25) is 14.7 Å². The molecule has 0 aliphatic carbocycles. The summed E-state index contributed by atoms with van der Waals surface area (Å²) in [6.07, 6.45) is -1.54. The SMILES string of the molecule is CC(=O)NCc1cnc([C@H]2CCCN2Cc2ccccc2)cc1C(F)(F)F. The molecule has 2 heterocycles. The lowest BCUT2D eigenvalue weighted by Crippen LogP contribution is -2.25.